The predicted octanol–water partition coefficient (Wildman–Crippen LogP) is 3.51. The van der Waals surface area contributed by atoms with Crippen LogP contribution in [0.1, 0.15) is 23.4 Å². The Morgan fingerprint density at radius 3 is 2.56 bits per heavy atom. The summed E-state index contributed by atoms with van der Waals surface area (Å²) in [5.74, 6) is -0.0327. The van der Waals surface area contributed by atoms with Crippen LogP contribution < -0.4 is 10.2 Å². The normalized spacial score (nSPS) is 14.6. The third-order valence-corrected chi connectivity index (χ3v) is 5.88. The highest BCUT2D eigenvalue weighted by atomic mass is 16.2. The summed E-state index contributed by atoms with van der Waals surface area (Å²) in [5, 5.41) is 17.1. The molecule has 0 unspecified atom stereocenters. The van der Waals surface area contributed by atoms with Gasteiger partial charge in [0.25, 0.3) is 0 Å². The quantitative estimate of drug-likeness (QED) is 0.673. The second-order valence-electron chi connectivity index (χ2n) is 8.09. The highest BCUT2D eigenvalue weighted by Crippen LogP contribution is 2.23. The highest BCUT2D eigenvalue weighted by Gasteiger charge is 2.21. The van der Waals surface area contributed by atoms with Crippen LogP contribution >= 0.6 is 0 Å². The second-order valence-corrected chi connectivity index (χ2v) is 8.09. The fraction of sp³-hybridized carbons (Fsp3) is 0.320. The molecule has 164 valence electrons. The van der Waals surface area contributed by atoms with Gasteiger partial charge >= 0.3 is 0 Å². The summed E-state index contributed by atoms with van der Waals surface area (Å²) in [6.45, 7) is 7.50. The zero-order valence-corrected chi connectivity index (χ0v) is 18.6. The van der Waals surface area contributed by atoms with Crippen molar-refractivity contribution in [2.45, 2.75) is 20.3 Å². The minimum atomic E-state index is -0.0327. The molecule has 0 radical (unpaired) electrons. The molecule has 1 amide bonds. The van der Waals surface area contributed by atoms with Gasteiger partial charge in [-0.3, -0.25) is 9.69 Å². The number of benzene rings is 2. The SMILES string of the molecule is Cc1nn(-c2ccccc2)c(C)c1NC(=O)CN1CCCN(c2ccccc2C#N)CC1. The van der Waals surface area contributed by atoms with Crippen LogP contribution in [0.3, 0.4) is 0 Å². The van der Waals surface area contributed by atoms with E-state index in [4.69, 9.17) is 0 Å². The number of amides is 1. The summed E-state index contributed by atoms with van der Waals surface area (Å²) >= 11 is 0. The van der Waals surface area contributed by atoms with E-state index in [1.807, 2.05) is 73.1 Å². The summed E-state index contributed by atoms with van der Waals surface area (Å²) in [5.41, 5.74) is 5.13. The lowest BCUT2D eigenvalue weighted by atomic mass is 10.1. The van der Waals surface area contributed by atoms with E-state index in [1.165, 1.54) is 0 Å². The van der Waals surface area contributed by atoms with Crippen molar-refractivity contribution in [1.29, 1.82) is 5.26 Å². The van der Waals surface area contributed by atoms with Gasteiger partial charge in [0.1, 0.15) is 6.07 Å². The molecule has 1 aliphatic heterocycles. The first-order chi connectivity index (χ1) is 15.6. The lowest BCUT2D eigenvalue weighted by Crippen LogP contribution is -2.36. The first kappa shape index (κ1) is 21.6. The number of carbonyl (C=O) groups is 1. The molecule has 1 aromatic heterocycles. The minimum Gasteiger partial charge on any atom is -0.369 e. The van der Waals surface area contributed by atoms with Crippen molar-refractivity contribution in [1.82, 2.24) is 14.7 Å². The Balaban J connectivity index is 1.39. The van der Waals surface area contributed by atoms with Gasteiger partial charge in [0.15, 0.2) is 0 Å². The topological polar surface area (TPSA) is 77.2 Å². The summed E-state index contributed by atoms with van der Waals surface area (Å²) in [4.78, 5) is 17.3. The van der Waals surface area contributed by atoms with Crippen LogP contribution in [0.15, 0.2) is 54.6 Å². The Morgan fingerprint density at radius 1 is 1.03 bits per heavy atom. The monoisotopic (exact) mass is 428 g/mol. The van der Waals surface area contributed by atoms with Gasteiger partial charge in [0.2, 0.25) is 5.91 Å². The summed E-state index contributed by atoms with van der Waals surface area (Å²) < 4.78 is 1.86. The van der Waals surface area contributed by atoms with Crippen LogP contribution in [0.5, 0.6) is 0 Å². The number of aryl methyl sites for hydroxylation is 1. The lowest BCUT2D eigenvalue weighted by Gasteiger charge is -2.24. The molecule has 0 atom stereocenters. The number of carbonyl (C=O) groups excluding carboxylic acids is 1. The van der Waals surface area contributed by atoms with Crippen LogP contribution in [-0.4, -0.2) is 53.3 Å². The molecule has 0 saturated carbocycles. The zero-order chi connectivity index (χ0) is 22.5. The number of nitrogens with one attached hydrogen (secondary N) is 1. The Bertz CT molecular complexity index is 1130. The molecule has 2 aromatic carbocycles. The van der Waals surface area contributed by atoms with Gasteiger partial charge in [-0.05, 0) is 44.5 Å². The molecule has 2 heterocycles. The fourth-order valence-electron chi connectivity index (χ4n) is 4.24. The number of anilines is 2. The van der Waals surface area contributed by atoms with Gasteiger partial charge in [0, 0.05) is 26.2 Å². The molecule has 0 aliphatic carbocycles. The Labute approximate surface area is 188 Å². The van der Waals surface area contributed by atoms with Crippen molar-refractivity contribution in [2.24, 2.45) is 0 Å². The summed E-state index contributed by atoms with van der Waals surface area (Å²) in [6.07, 6.45) is 0.942. The van der Waals surface area contributed by atoms with Crippen LogP contribution in [0.4, 0.5) is 11.4 Å². The van der Waals surface area contributed by atoms with Crippen LogP contribution in [0, 0.1) is 25.2 Å². The first-order valence-corrected chi connectivity index (χ1v) is 10.9. The third-order valence-electron chi connectivity index (χ3n) is 5.88. The molecule has 1 N–H and O–H groups in total. The second kappa shape index (κ2) is 9.67. The molecule has 32 heavy (non-hydrogen) atoms. The Hall–Kier alpha value is -3.63. The maximum atomic E-state index is 12.8. The van der Waals surface area contributed by atoms with E-state index in [0.29, 0.717) is 12.1 Å². The van der Waals surface area contributed by atoms with Crippen molar-refractivity contribution in [3.8, 4) is 11.8 Å². The fourth-order valence-corrected chi connectivity index (χ4v) is 4.24. The molecule has 3 aromatic rings. The predicted molar refractivity (Wildman–Crippen MR) is 126 cm³/mol. The van der Waals surface area contributed by atoms with Gasteiger partial charge in [-0.1, -0.05) is 30.3 Å². The van der Waals surface area contributed by atoms with Gasteiger partial charge in [0.05, 0.1) is 40.6 Å². The average Bonchev–Trinajstić information content (AvgIpc) is 2.97. The lowest BCUT2D eigenvalue weighted by molar-refractivity contribution is -0.117. The molecule has 1 fully saturated rings. The summed E-state index contributed by atoms with van der Waals surface area (Å²) in [6, 6.07) is 19.9. The Kier molecular flexibility index (Phi) is 6.52. The summed E-state index contributed by atoms with van der Waals surface area (Å²) in [7, 11) is 0. The van der Waals surface area contributed by atoms with Crippen molar-refractivity contribution in [2.75, 3.05) is 42.9 Å². The van der Waals surface area contributed by atoms with Crippen molar-refractivity contribution < 1.29 is 4.79 Å². The van der Waals surface area contributed by atoms with Crippen LogP contribution in [0.2, 0.25) is 0 Å². The van der Waals surface area contributed by atoms with Crippen LogP contribution in [0.25, 0.3) is 5.69 Å². The number of hydrogen-bond donors (Lipinski definition) is 1. The first-order valence-electron chi connectivity index (χ1n) is 10.9. The van der Waals surface area contributed by atoms with Crippen molar-refractivity contribution in [3.63, 3.8) is 0 Å². The smallest absolute Gasteiger partial charge is 0.238 e. The van der Waals surface area contributed by atoms with Crippen LogP contribution in [-0.2, 0) is 4.79 Å². The van der Waals surface area contributed by atoms with Gasteiger partial charge in [-0.25, -0.2) is 4.68 Å². The van der Waals surface area contributed by atoms with E-state index in [0.717, 1.165) is 61.0 Å². The maximum absolute atomic E-state index is 12.8. The molecule has 1 aliphatic rings. The largest absolute Gasteiger partial charge is 0.369 e. The molecule has 4 rings (SSSR count). The van der Waals surface area contributed by atoms with E-state index < -0.39 is 0 Å². The van der Waals surface area contributed by atoms with E-state index in [-0.39, 0.29) is 5.91 Å². The Morgan fingerprint density at radius 2 is 1.78 bits per heavy atom. The standard InChI is InChI=1S/C25H28N6O/c1-19-25(20(2)31(28-19)22-10-4-3-5-11-22)27-24(32)18-29-13-8-14-30(16-15-29)23-12-7-6-9-21(23)17-26/h3-7,9-12H,8,13-16,18H2,1-2H3,(H,27,32). The molecule has 7 nitrogen and oxygen atoms in total. The molecule has 0 spiro atoms. The van der Waals surface area contributed by atoms with Crippen molar-refractivity contribution in [3.05, 3.63) is 71.5 Å². The van der Waals surface area contributed by atoms with E-state index >= 15 is 0 Å². The zero-order valence-electron chi connectivity index (χ0n) is 18.6. The number of hydrogen-bond acceptors (Lipinski definition) is 5. The third kappa shape index (κ3) is 4.66. The number of para-hydroxylation sites is 2. The average molecular weight is 429 g/mol. The number of nitriles is 1. The molecule has 0 bridgehead atoms. The molecule has 1 saturated heterocycles. The van der Waals surface area contributed by atoms with Gasteiger partial charge in [-0.2, -0.15) is 10.4 Å². The number of rotatable bonds is 5. The number of nitrogens with zero attached hydrogens (tertiary/aromatic N) is 5. The highest BCUT2D eigenvalue weighted by molar-refractivity contribution is 5.93. The molecular weight excluding hydrogens is 400 g/mol. The maximum Gasteiger partial charge on any atom is 0.238 e. The molecular formula is C25H28N6O. The minimum absolute atomic E-state index is 0.0327. The van der Waals surface area contributed by atoms with Crippen molar-refractivity contribution >= 4 is 17.3 Å². The number of aromatic nitrogens is 2. The van der Waals surface area contributed by atoms with E-state index in [1.54, 1.807) is 0 Å². The van der Waals surface area contributed by atoms with Gasteiger partial charge in [-0.15, -0.1) is 0 Å². The van der Waals surface area contributed by atoms with E-state index in [9.17, 15) is 10.1 Å². The van der Waals surface area contributed by atoms with E-state index in [2.05, 4.69) is 26.3 Å². The molecule has 7 heteroatoms. The van der Waals surface area contributed by atoms with Gasteiger partial charge < -0.3 is 10.2 Å².